The molecule has 0 aliphatic heterocycles. The van der Waals surface area contributed by atoms with Gasteiger partial charge in [0.1, 0.15) is 0 Å². The molecule has 0 N–H and O–H groups in total. The molecule has 1 saturated carbocycles. The molecular formula is C14H17Cl3. The fraction of sp³-hybridized carbons (Fsp3) is 0.571. The minimum absolute atomic E-state index is 0.0511. The quantitative estimate of drug-likeness (QED) is 0.590. The van der Waals surface area contributed by atoms with Crippen molar-refractivity contribution in [1.82, 2.24) is 0 Å². The van der Waals surface area contributed by atoms with Gasteiger partial charge in [-0.3, -0.25) is 0 Å². The second-order valence-corrected chi connectivity index (χ2v) is 7.30. The van der Waals surface area contributed by atoms with Crippen LogP contribution in [-0.4, -0.2) is 0 Å². The van der Waals surface area contributed by atoms with Gasteiger partial charge in [-0.25, -0.2) is 0 Å². The summed E-state index contributed by atoms with van der Waals surface area (Å²) in [6.07, 6.45) is 0. The summed E-state index contributed by atoms with van der Waals surface area (Å²) in [5.41, 5.74) is 1.49. The molecule has 1 aliphatic carbocycles. The molecule has 0 aromatic heterocycles. The molecule has 1 aromatic carbocycles. The third-order valence-corrected chi connectivity index (χ3v) is 5.73. The molecule has 0 spiro atoms. The van der Waals surface area contributed by atoms with Crippen molar-refractivity contribution in [2.45, 2.75) is 33.1 Å². The van der Waals surface area contributed by atoms with E-state index in [1.807, 2.05) is 12.1 Å². The Kier molecular flexibility index (Phi) is 3.22. The molecule has 1 atom stereocenters. The van der Waals surface area contributed by atoms with E-state index in [1.54, 1.807) is 6.07 Å². The van der Waals surface area contributed by atoms with Gasteiger partial charge in [0.05, 0.1) is 5.38 Å². The Labute approximate surface area is 118 Å². The third-order valence-electron chi connectivity index (χ3n) is 4.68. The van der Waals surface area contributed by atoms with Gasteiger partial charge < -0.3 is 0 Å². The Morgan fingerprint density at radius 2 is 1.59 bits per heavy atom. The van der Waals surface area contributed by atoms with E-state index in [0.29, 0.717) is 16.0 Å². The van der Waals surface area contributed by atoms with Crippen LogP contribution in [-0.2, 0) is 0 Å². The van der Waals surface area contributed by atoms with Crippen molar-refractivity contribution in [3.05, 3.63) is 33.8 Å². The number of hydrogen-bond acceptors (Lipinski definition) is 0. The van der Waals surface area contributed by atoms with E-state index in [9.17, 15) is 0 Å². The molecule has 1 fully saturated rings. The summed E-state index contributed by atoms with van der Waals surface area (Å²) >= 11 is 18.7. The predicted molar refractivity (Wildman–Crippen MR) is 76.1 cm³/mol. The first-order valence-corrected chi connectivity index (χ1v) is 6.98. The summed E-state index contributed by atoms with van der Waals surface area (Å²) in [5.74, 6) is 0.440. The predicted octanol–water partition coefficient (Wildman–Crippen LogP) is 5.96. The standard InChI is InChI=1S/C14H17Cl3/c1-13(2)12(14(13,3)4)11(17)9-6-5-8(15)7-10(9)16/h5-7,11-12H,1-4H3. The molecule has 0 radical (unpaired) electrons. The first-order chi connectivity index (χ1) is 7.69. The minimum Gasteiger partial charge on any atom is -0.117 e. The van der Waals surface area contributed by atoms with E-state index in [-0.39, 0.29) is 16.2 Å². The maximum Gasteiger partial charge on any atom is 0.0638 e. The van der Waals surface area contributed by atoms with Gasteiger partial charge in [-0.1, -0.05) is 57.0 Å². The fourth-order valence-corrected chi connectivity index (χ4v) is 4.29. The van der Waals surface area contributed by atoms with Crippen molar-refractivity contribution < 1.29 is 0 Å². The van der Waals surface area contributed by atoms with Gasteiger partial charge in [0.25, 0.3) is 0 Å². The van der Waals surface area contributed by atoms with Crippen LogP contribution in [0.15, 0.2) is 18.2 Å². The van der Waals surface area contributed by atoms with Crippen LogP contribution in [0.5, 0.6) is 0 Å². The van der Waals surface area contributed by atoms with Crippen molar-refractivity contribution in [3.8, 4) is 0 Å². The van der Waals surface area contributed by atoms with Crippen LogP contribution < -0.4 is 0 Å². The molecule has 2 rings (SSSR count). The molecular weight excluding hydrogens is 275 g/mol. The van der Waals surface area contributed by atoms with Gasteiger partial charge in [-0.2, -0.15) is 0 Å². The van der Waals surface area contributed by atoms with Gasteiger partial charge in [-0.15, -0.1) is 11.6 Å². The van der Waals surface area contributed by atoms with E-state index in [0.717, 1.165) is 5.56 Å². The SMILES string of the molecule is CC1(C)C(C(Cl)c2ccc(Cl)cc2Cl)C1(C)C. The number of alkyl halides is 1. The second kappa shape index (κ2) is 4.05. The summed E-state index contributed by atoms with van der Waals surface area (Å²) in [6.45, 7) is 9.04. The summed E-state index contributed by atoms with van der Waals surface area (Å²) in [5, 5.41) is 1.26. The zero-order chi connectivity index (χ0) is 13.0. The molecule has 0 nitrogen and oxygen atoms in total. The number of rotatable bonds is 2. The maximum atomic E-state index is 6.60. The van der Waals surface area contributed by atoms with E-state index >= 15 is 0 Å². The molecule has 94 valence electrons. The highest BCUT2D eigenvalue weighted by atomic mass is 35.5. The van der Waals surface area contributed by atoms with Gasteiger partial charge >= 0.3 is 0 Å². The van der Waals surface area contributed by atoms with Crippen LogP contribution in [0.4, 0.5) is 0 Å². The number of benzene rings is 1. The molecule has 1 aliphatic rings. The third kappa shape index (κ3) is 1.99. The lowest BCUT2D eigenvalue weighted by Crippen LogP contribution is -2.00. The van der Waals surface area contributed by atoms with Crippen molar-refractivity contribution in [2.24, 2.45) is 16.7 Å². The normalized spacial score (nSPS) is 23.5. The van der Waals surface area contributed by atoms with Gasteiger partial charge in [0.2, 0.25) is 0 Å². The van der Waals surface area contributed by atoms with Crippen molar-refractivity contribution in [1.29, 1.82) is 0 Å². The molecule has 0 heterocycles. The summed E-state index contributed by atoms with van der Waals surface area (Å²) in [7, 11) is 0. The summed E-state index contributed by atoms with van der Waals surface area (Å²) < 4.78 is 0. The zero-order valence-corrected chi connectivity index (χ0v) is 12.8. The van der Waals surface area contributed by atoms with Crippen LogP contribution >= 0.6 is 34.8 Å². The lowest BCUT2D eigenvalue weighted by atomic mass is 10.0. The van der Waals surface area contributed by atoms with E-state index in [4.69, 9.17) is 34.8 Å². The van der Waals surface area contributed by atoms with E-state index in [1.165, 1.54) is 0 Å². The number of halogens is 3. The molecule has 0 bridgehead atoms. The molecule has 17 heavy (non-hydrogen) atoms. The van der Waals surface area contributed by atoms with E-state index in [2.05, 4.69) is 27.7 Å². The Morgan fingerprint density at radius 1 is 1.06 bits per heavy atom. The Bertz CT molecular complexity index is 435. The Balaban J connectivity index is 2.31. The van der Waals surface area contributed by atoms with Crippen LogP contribution in [0.2, 0.25) is 10.0 Å². The average molecular weight is 292 g/mol. The maximum absolute atomic E-state index is 6.60. The van der Waals surface area contributed by atoms with Crippen molar-refractivity contribution in [3.63, 3.8) is 0 Å². The zero-order valence-electron chi connectivity index (χ0n) is 10.5. The smallest absolute Gasteiger partial charge is 0.0638 e. The monoisotopic (exact) mass is 290 g/mol. The number of hydrogen-bond donors (Lipinski definition) is 0. The molecule has 1 unspecified atom stereocenters. The fourth-order valence-electron chi connectivity index (χ4n) is 2.88. The first kappa shape index (κ1) is 13.5. The topological polar surface area (TPSA) is 0 Å². The molecule has 3 heteroatoms. The highest BCUT2D eigenvalue weighted by Gasteiger charge is 2.67. The first-order valence-electron chi connectivity index (χ1n) is 5.78. The van der Waals surface area contributed by atoms with Crippen LogP contribution in [0, 0.1) is 16.7 Å². The van der Waals surface area contributed by atoms with Crippen LogP contribution in [0.3, 0.4) is 0 Å². The van der Waals surface area contributed by atoms with Crippen molar-refractivity contribution >= 4 is 34.8 Å². The van der Waals surface area contributed by atoms with Crippen molar-refractivity contribution in [2.75, 3.05) is 0 Å². The van der Waals surface area contributed by atoms with Gasteiger partial charge in [-0.05, 0) is 34.4 Å². The highest BCUT2D eigenvalue weighted by Crippen LogP contribution is 2.73. The van der Waals surface area contributed by atoms with Gasteiger partial charge in [0, 0.05) is 10.0 Å². The van der Waals surface area contributed by atoms with Crippen LogP contribution in [0.1, 0.15) is 38.6 Å². The summed E-state index contributed by atoms with van der Waals surface area (Å²) in [6, 6.07) is 5.55. The summed E-state index contributed by atoms with van der Waals surface area (Å²) in [4.78, 5) is 0. The lowest BCUT2D eigenvalue weighted by molar-refractivity contribution is 0.457. The van der Waals surface area contributed by atoms with Gasteiger partial charge in [0.15, 0.2) is 0 Å². The highest BCUT2D eigenvalue weighted by molar-refractivity contribution is 6.35. The average Bonchev–Trinajstić information content (AvgIpc) is 2.56. The molecule has 0 amide bonds. The van der Waals surface area contributed by atoms with E-state index < -0.39 is 0 Å². The largest absolute Gasteiger partial charge is 0.117 e. The van der Waals surface area contributed by atoms with Crippen LogP contribution in [0.25, 0.3) is 0 Å². The molecule has 1 aromatic rings. The second-order valence-electron chi connectivity index (χ2n) is 5.99. The molecule has 0 saturated heterocycles. The minimum atomic E-state index is -0.0511. The Hall–Kier alpha value is 0.0900. The Morgan fingerprint density at radius 3 is 2.00 bits per heavy atom. The lowest BCUT2D eigenvalue weighted by Gasteiger charge is -2.14.